The van der Waals surface area contributed by atoms with Crippen LogP contribution in [0.1, 0.15) is 31.9 Å². The predicted octanol–water partition coefficient (Wildman–Crippen LogP) is 8.68. The Morgan fingerprint density at radius 3 is 2.35 bits per heavy atom. The van der Waals surface area contributed by atoms with Gasteiger partial charge in [-0.25, -0.2) is 0 Å². The molecule has 0 aliphatic carbocycles. The van der Waals surface area contributed by atoms with Crippen molar-refractivity contribution >= 4 is 31.5 Å². The van der Waals surface area contributed by atoms with Crippen molar-refractivity contribution in [2.45, 2.75) is 34.1 Å². The molecular formula is C29H27NS. The quantitative estimate of drug-likeness (QED) is 0.284. The summed E-state index contributed by atoms with van der Waals surface area (Å²) in [7, 11) is 0. The average Bonchev–Trinajstić information content (AvgIpc) is 3.11. The summed E-state index contributed by atoms with van der Waals surface area (Å²) in [6, 6.07) is 26.6. The SMILES string of the molecule is Cc1ccc(-c2ccc3c(c2)sc2c(-c4cc(CC(C)(C)C)ccn4)cccc23)cc1. The van der Waals surface area contributed by atoms with Crippen LogP contribution in [0.15, 0.2) is 79.0 Å². The fourth-order valence-corrected chi connectivity index (χ4v) is 5.53. The Morgan fingerprint density at radius 1 is 0.806 bits per heavy atom. The molecule has 2 heterocycles. The highest BCUT2D eigenvalue weighted by Crippen LogP contribution is 2.41. The Hall–Kier alpha value is -2.97. The normalized spacial score (nSPS) is 12.0. The molecule has 0 aliphatic rings. The molecule has 0 unspecified atom stereocenters. The zero-order valence-electron chi connectivity index (χ0n) is 18.6. The molecule has 2 aromatic heterocycles. The molecule has 0 spiro atoms. The first-order valence-electron chi connectivity index (χ1n) is 10.8. The first-order valence-corrected chi connectivity index (χ1v) is 11.7. The summed E-state index contributed by atoms with van der Waals surface area (Å²) in [6.45, 7) is 8.98. The van der Waals surface area contributed by atoms with Gasteiger partial charge in [-0.3, -0.25) is 4.98 Å². The monoisotopic (exact) mass is 421 g/mol. The van der Waals surface area contributed by atoms with Gasteiger partial charge in [-0.1, -0.05) is 80.9 Å². The number of pyridine rings is 1. The van der Waals surface area contributed by atoms with Crippen LogP contribution in [-0.2, 0) is 6.42 Å². The molecule has 0 amide bonds. The number of fused-ring (bicyclic) bond motifs is 3. The Morgan fingerprint density at radius 2 is 1.58 bits per heavy atom. The van der Waals surface area contributed by atoms with Gasteiger partial charge in [0.05, 0.1) is 5.69 Å². The molecule has 3 aromatic carbocycles. The Balaban J connectivity index is 1.63. The Kier molecular flexibility index (Phi) is 4.91. The molecule has 0 atom stereocenters. The van der Waals surface area contributed by atoms with Crippen LogP contribution in [0.5, 0.6) is 0 Å². The lowest BCUT2D eigenvalue weighted by atomic mass is 9.88. The molecule has 0 N–H and O–H groups in total. The van der Waals surface area contributed by atoms with Gasteiger partial charge in [0.25, 0.3) is 0 Å². The van der Waals surface area contributed by atoms with E-state index in [4.69, 9.17) is 4.98 Å². The van der Waals surface area contributed by atoms with Crippen molar-refractivity contribution in [3.8, 4) is 22.4 Å². The maximum Gasteiger partial charge on any atom is 0.0719 e. The van der Waals surface area contributed by atoms with Gasteiger partial charge in [0.2, 0.25) is 0 Å². The van der Waals surface area contributed by atoms with Gasteiger partial charge in [-0.2, -0.15) is 0 Å². The topological polar surface area (TPSA) is 12.9 Å². The minimum absolute atomic E-state index is 0.259. The van der Waals surface area contributed by atoms with Gasteiger partial charge in [-0.05, 0) is 53.6 Å². The number of aromatic nitrogens is 1. The van der Waals surface area contributed by atoms with Crippen LogP contribution in [-0.4, -0.2) is 4.98 Å². The Labute approximate surface area is 188 Å². The molecule has 0 bridgehead atoms. The van der Waals surface area contributed by atoms with Crippen LogP contribution < -0.4 is 0 Å². The molecule has 2 heteroatoms. The molecule has 0 radical (unpaired) electrons. The standard InChI is InChI=1S/C29H27NS/c1-19-8-10-21(11-9-19)22-12-13-23-24-6-5-7-25(28(24)31-27(23)17-22)26-16-20(14-15-30-26)18-29(2,3)4/h5-17H,18H2,1-4H3. The minimum Gasteiger partial charge on any atom is -0.256 e. The molecule has 0 saturated carbocycles. The molecule has 0 fully saturated rings. The van der Waals surface area contributed by atoms with Crippen molar-refractivity contribution < 1.29 is 0 Å². The number of hydrogen-bond donors (Lipinski definition) is 0. The van der Waals surface area contributed by atoms with E-state index in [2.05, 4.69) is 100 Å². The molecule has 1 nitrogen and oxygen atoms in total. The van der Waals surface area contributed by atoms with Crippen LogP contribution >= 0.6 is 11.3 Å². The third-order valence-electron chi connectivity index (χ3n) is 5.72. The molecule has 5 aromatic rings. The van der Waals surface area contributed by atoms with Gasteiger partial charge in [0.15, 0.2) is 0 Å². The van der Waals surface area contributed by atoms with E-state index in [1.165, 1.54) is 48.0 Å². The van der Waals surface area contributed by atoms with E-state index in [-0.39, 0.29) is 5.41 Å². The molecular weight excluding hydrogens is 394 g/mol. The van der Waals surface area contributed by atoms with Gasteiger partial charge >= 0.3 is 0 Å². The van der Waals surface area contributed by atoms with Crippen molar-refractivity contribution in [2.75, 3.05) is 0 Å². The van der Waals surface area contributed by atoms with Gasteiger partial charge in [0, 0.05) is 31.9 Å². The molecule has 0 aliphatic heterocycles. The number of benzene rings is 3. The van der Waals surface area contributed by atoms with Crippen molar-refractivity contribution in [1.29, 1.82) is 0 Å². The lowest BCUT2D eigenvalue weighted by Gasteiger charge is -2.18. The van der Waals surface area contributed by atoms with Gasteiger partial charge < -0.3 is 0 Å². The third-order valence-corrected chi connectivity index (χ3v) is 6.92. The van der Waals surface area contributed by atoms with E-state index in [0.717, 1.165) is 12.1 Å². The maximum absolute atomic E-state index is 4.74. The lowest BCUT2D eigenvalue weighted by molar-refractivity contribution is 0.411. The van der Waals surface area contributed by atoms with Crippen LogP contribution in [0.3, 0.4) is 0 Å². The van der Waals surface area contributed by atoms with Crippen LogP contribution in [0.2, 0.25) is 0 Å². The number of nitrogens with zero attached hydrogens (tertiary/aromatic N) is 1. The van der Waals surface area contributed by atoms with Gasteiger partial charge in [-0.15, -0.1) is 11.3 Å². The fourth-order valence-electron chi connectivity index (χ4n) is 4.27. The van der Waals surface area contributed by atoms with E-state index < -0.39 is 0 Å². The number of rotatable bonds is 3. The van der Waals surface area contributed by atoms with E-state index in [9.17, 15) is 0 Å². The Bertz CT molecular complexity index is 1380. The van der Waals surface area contributed by atoms with Crippen molar-refractivity contribution in [1.82, 2.24) is 4.98 Å². The number of thiophene rings is 1. The fraction of sp³-hybridized carbons (Fsp3) is 0.207. The summed E-state index contributed by atoms with van der Waals surface area (Å²) in [4.78, 5) is 4.74. The van der Waals surface area contributed by atoms with Crippen LogP contribution in [0.25, 0.3) is 42.6 Å². The second kappa shape index (κ2) is 7.62. The summed E-state index contributed by atoms with van der Waals surface area (Å²) in [5, 5.41) is 2.64. The first-order chi connectivity index (χ1) is 14.9. The summed E-state index contributed by atoms with van der Waals surface area (Å²) in [6.07, 6.45) is 3.00. The van der Waals surface area contributed by atoms with E-state index in [1.807, 2.05) is 17.5 Å². The first kappa shape index (κ1) is 20.0. The van der Waals surface area contributed by atoms with Gasteiger partial charge in [0.1, 0.15) is 0 Å². The minimum atomic E-state index is 0.259. The largest absolute Gasteiger partial charge is 0.256 e. The van der Waals surface area contributed by atoms with Crippen LogP contribution in [0.4, 0.5) is 0 Å². The third kappa shape index (κ3) is 4.00. The summed E-state index contributed by atoms with van der Waals surface area (Å²) in [5.41, 5.74) is 7.72. The summed E-state index contributed by atoms with van der Waals surface area (Å²) < 4.78 is 2.64. The van der Waals surface area contributed by atoms with E-state index >= 15 is 0 Å². The van der Waals surface area contributed by atoms with E-state index in [1.54, 1.807) is 0 Å². The van der Waals surface area contributed by atoms with Crippen molar-refractivity contribution in [2.24, 2.45) is 5.41 Å². The highest BCUT2D eigenvalue weighted by Gasteiger charge is 2.15. The lowest BCUT2D eigenvalue weighted by Crippen LogP contribution is -2.09. The zero-order valence-corrected chi connectivity index (χ0v) is 19.4. The second-order valence-electron chi connectivity index (χ2n) is 9.65. The smallest absolute Gasteiger partial charge is 0.0719 e. The maximum atomic E-state index is 4.74. The highest BCUT2D eigenvalue weighted by atomic mass is 32.1. The van der Waals surface area contributed by atoms with Crippen LogP contribution in [0, 0.1) is 12.3 Å². The molecule has 0 saturated heterocycles. The predicted molar refractivity (Wildman–Crippen MR) is 136 cm³/mol. The average molecular weight is 422 g/mol. The zero-order chi connectivity index (χ0) is 21.6. The van der Waals surface area contributed by atoms with Crippen molar-refractivity contribution in [3.63, 3.8) is 0 Å². The van der Waals surface area contributed by atoms with Crippen molar-refractivity contribution in [3.05, 3.63) is 90.1 Å². The second-order valence-corrected chi connectivity index (χ2v) is 10.7. The highest BCUT2D eigenvalue weighted by molar-refractivity contribution is 7.26. The molecule has 31 heavy (non-hydrogen) atoms. The summed E-state index contributed by atoms with van der Waals surface area (Å²) >= 11 is 1.87. The van der Waals surface area contributed by atoms with E-state index in [0.29, 0.717) is 0 Å². The summed E-state index contributed by atoms with van der Waals surface area (Å²) in [5.74, 6) is 0. The molecule has 154 valence electrons. The molecule has 5 rings (SSSR count). The number of hydrogen-bond acceptors (Lipinski definition) is 2. The number of aryl methyl sites for hydroxylation is 1.